The van der Waals surface area contributed by atoms with E-state index in [1.54, 1.807) is 0 Å². The van der Waals surface area contributed by atoms with Crippen LogP contribution in [0.1, 0.15) is 0 Å². The molecule has 0 aliphatic heterocycles. The van der Waals surface area contributed by atoms with Crippen molar-refractivity contribution in [2.75, 3.05) is 0 Å². The average molecular weight is 650 g/mol. The van der Waals surface area contributed by atoms with E-state index < -0.39 is 0 Å². The molecule has 0 N–H and O–H groups in total. The van der Waals surface area contributed by atoms with Crippen LogP contribution in [0.15, 0.2) is 188 Å². The molecule has 0 saturated carbocycles. The first kappa shape index (κ1) is 28.8. The lowest BCUT2D eigenvalue weighted by molar-refractivity contribution is 1.18. The van der Waals surface area contributed by atoms with E-state index in [2.05, 4.69) is 193 Å². The van der Waals surface area contributed by atoms with Gasteiger partial charge in [-0.1, -0.05) is 168 Å². The van der Waals surface area contributed by atoms with Crippen LogP contribution in [0.3, 0.4) is 0 Å². The fourth-order valence-corrected chi connectivity index (χ4v) is 8.96. The van der Waals surface area contributed by atoms with E-state index in [9.17, 15) is 0 Å². The standard InChI is InChI=1S/C48H31NSi/c1-2-14-37(15-3-1)50-38-28-29-43-44(31-38)48(35-23-22-32-12-4-5-13-34(32)30-35)42-19-7-6-18-41(42)47(43)33-24-26-36(27-25-33)49-45-20-10-8-16-39(45)40-17-9-11-21-46(40)49/h1-31H. The molecule has 0 atom stereocenters. The van der Waals surface area contributed by atoms with E-state index in [-0.39, 0.29) is 0 Å². The lowest BCUT2D eigenvalue weighted by Crippen LogP contribution is -2.26. The summed E-state index contributed by atoms with van der Waals surface area (Å²) in [6, 6.07) is 69.2. The molecule has 10 rings (SSSR count). The van der Waals surface area contributed by atoms with E-state index in [1.807, 2.05) is 0 Å². The normalized spacial score (nSPS) is 11.7. The van der Waals surface area contributed by atoms with Gasteiger partial charge in [-0.3, -0.25) is 0 Å². The maximum absolute atomic E-state index is 2.45. The number of benzene rings is 9. The molecule has 1 nitrogen and oxygen atoms in total. The Hall–Kier alpha value is -6.22. The Bertz CT molecular complexity index is 2830. The number of nitrogens with zero attached hydrogens (tertiary/aromatic N) is 1. The minimum Gasteiger partial charge on any atom is -0.309 e. The fraction of sp³-hybridized carbons (Fsp3) is 0. The summed E-state index contributed by atoms with van der Waals surface area (Å²) in [5.74, 6) is 0. The molecule has 0 aliphatic rings. The van der Waals surface area contributed by atoms with Crippen LogP contribution in [0.2, 0.25) is 0 Å². The number of rotatable bonds is 5. The lowest BCUT2D eigenvalue weighted by Gasteiger charge is -2.19. The van der Waals surface area contributed by atoms with Gasteiger partial charge in [0.2, 0.25) is 0 Å². The molecule has 0 bridgehead atoms. The molecule has 0 aliphatic carbocycles. The zero-order valence-corrected chi connectivity index (χ0v) is 28.3. The van der Waals surface area contributed by atoms with Gasteiger partial charge >= 0.3 is 0 Å². The van der Waals surface area contributed by atoms with Crippen LogP contribution in [0.4, 0.5) is 0 Å². The molecule has 10 aromatic rings. The van der Waals surface area contributed by atoms with E-state index >= 15 is 0 Å². The first-order chi connectivity index (χ1) is 24.8. The molecule has 9 aromatic carbocycles. The van der Waals surface area contributed by atoms with Crippen molar-refractivity contribution in [2.45, 2.75) is 0 Å². The van der Waals surface area contributed by atoms with Crippen molar-refractivity contribution in [2.24, 2.45) is 0 Å². The predicted molar refractivity (Wildman–Crippen MR) is 216 cm³/mol. The maximum Gasteiger partial charge on any atom is 0.121 e. The molecule has 0 unspecified atom stereocenters. The summed E-state index contributed by atoms with van der Waals surface area (Å²) in [5.41, 5.74) is 8.67. The van der Waals surface area contributed by atoms with Crippen molar-refractivity contribution in [1.29, 1.82) is 0 Å². The Labute approximate surface area is 293 Å². The van der Waals surface area contributed by atoms with Crippen molar-refractivity contribution >= 4 is 74.0 Å². The summed E-state index contributed by atoms with van der Waals surface area (Å²) in [7, 11) is 0.585. The second-order valence-electron chi connectivity index (χ2n) is 13.0. The highest BCUT2D eigenvalue weighted by atomic mass is 28.2. The van der Waals surface area contributed by atoms with Crippen molar-refractivity contribution in [3.05, 3.63) is 188 Å². The number of para-hydroxylation sites is 2. The summed E-state index contributed by atoms with van der Waals surface area (Å²) in [6.07, 6.45) is 0. The zero-order chi connectivity index (χ0) is 33.0. The van der Waals surface area contributed by atoms with Gasteiger partial charge in [0.15, 0.2) is 0 Å². The number of hydrogen-bond acceptors (Lipinski definition) is 0. The molecule has 50 heavy (non-hydrogen) atoms. The van der Waals surface area contributed by atoms with Crippen LogP contribution >= 0.6 is 0 Å². The van der Waals surface area contributed by atoms with Crippen LogP contribution in [0, 0.1) is 0 Å². The first-order valence-electron chi connectivity index (χ1n) is 17.2. The molecule has 0 spiro atoms. The summed E-state index contributed by atoms with van der Waals surface area (Å²) in [5, 5.41) is 12.9. The third-order valence-corrected chi connectivity index (χ3v) is 11.3. The molecule has 0 fully saturated rings. The van der Waals surface area contributed by atoms with Gasteiger partial charge in [-0.05, 0) is 84.9 Å². The van der Waals surface area contributed by atoms with Crippen LogP contribution in [-0.4, -0.2) is 14.1 Å². The Morgan fingerprint density at radius 3 is 1.56 bits per heavy atom. The smallest absolute Gasteiger partial charge is 0.121 e. The Morgan fingerprint density at radius 1 is 0.320 bits per heavy atom. The molecule has 2 heteroatoms. The highest BCUT2D eigenvalue weighted by Gasteiger charge is 2.18. The SMILES string of the molecule is c1ccc([Si]c2ccc3c(-c4ccc(-n5c6ccccc6c6ccccc65)cc4)c4ccccc4c(-c4ccc5ccccc5c4)c3c2)cc1. The lowest BCUT2D eigenvalue weighted by atomic mass is 9.85. The summed E-state index contributed by atoms with van der Waals surface area (Å²) < 4.78 is 2.39. The molecule has 2 radical (unpaired) electrons. The second kappa shape index (κ2) is 11.7. The van der Waals surface area contributed by atoms with Crippen molar-refractivity contribution in [3.8, 4) is 27.9 Å². The third-order valence-electron chi connectivity index (χ3n) is 10.1. The fourth-order valence-electron chi connectivity index (χ4n) is 7.89. The van der Waals surface area contributed by atoms with Gasteiger partial charge < -0.3 is 4.57 Å². The molecular weight excluding hydrogens is 619 g/mol. The van der Waals surface area contributed by atoms with E-state index in [4.69, 9.17) is 0 Å². The van der Waals surface area contributed by atoms with E-state index in [1.165, 1.54) is 92.4 Å². The van der Waals surface area contributed by atoms with Crippen molar-refractivity contribution in [1.82, 2.24) is 4.57 Å². The van der Waals surface area contributed by atoms with Crippen LogP contribution in [0.25, 0.3) is 82.1 Å². The summed E-state index contributed by atoms with van der Waals surface area (Å²) in [4.78, 5) is 0. The Kier molecular flexibility index (Phi) is 6.75. The van der Waals surface area contributed by atoms with Crippen molar-refractivity contribution in [3.63, 3.8) is 0 Å². The molecule has 232 valence electrons. The van der Waals surface area contributed by atoms with E-state index in [0.29, 0.717) is 9.52 Å². The summed E-state index contributed by atoms with van der Waals surface area (Å²) >= 11 is 0. The van der Waals surface area contributed by atoms with Gasteiger partial charge in [0.25, 0.3) is 0 Å². The monoisotopic (exact) mass is 649 g/mol. The molecular formula is C48H31NSi. The van der Waals surface area contributed by atoms with Gasteiger partial charge in [0, 0.05) is 16.5 Å². The number of fused-ring (bicyclic) bond motifs is 6. The van der Waals surface area contributed by atoms with Crippen LogP contribution in [-0.2, 0) is 0 Å². The molecule has 1 heterocycles. The number of hydrogen-bond donors (Lipinski definition) is 0. The molecule has 0 amide bonds. The average Bonchev–Trinajstić information content (AvgIpc) is 3.52. The Morgan fingerprint density at radius 2 is 0.860 bits per heavy atom. The quantitative estimate of drug-likeness (QED) is 0.129. The minimum absolute atomic E-state index is 0.585. The largest absolute Gasteiger partial charge is 0.309 e. The van der Waals surface area contributed by atoms with Gasteiger partial charge in [0.05, 0.1) is 11.0 Å². The van der Waals surface area contributed by atoms with Gasteiger partial charge in [0.1, 0.15) is 9.52 Å². The summed E-state index contributed by atoms with van der Waals surface area (Å²) in [6.45, 7) is 0. The topological polar surface area (TPSA) is 4.93 Å². The molecule has 0 saturated heterocycles. The van der Waals surface area contributed by atoms with Gasteiger partial charge in [-0.15, -0.1) is 0 Å². The van der Waals surface area contributed by atoms with E-state index in [0.717, 1.165) is 0 Å². The first-order valence-corrected chi connectivity index (χ1v) is 18.2. The van der Waals surface area contributed by atoms with Crippen molar-refractivity contribution < 1.29 is 0 Å². The minimum atomic E-state index is 0.585. The third kappa shape index (κ3) is 4.68. The number of aromatic nitrogens is 1. The van der Waals surface area contributed by atoms with Gasteiger partial charge in [-0.2, -0.15) is 0 Å². The predicted octanol–water partition coefficient (Wildman–Crippen LogP) is 11.2. The highest BCUT2D eigenvalue weighted by molar-refractivity contribution is 6.67. The highest BCUT2D eigenvalue weighted by Crippen LogP contribution is 2.44. The molecule has 1 aromatic heterocycles. The maximum atomic E-state index is 2.45. The van der Waals surface area contributed by atoms with Gasteiger partial charge in [-0.25, -0.2) is 0 Å². The Balaban J connectivity index is 1.21. The van der Waals surface area contributed by atoms with Crippen LogP contribution in [0.5, 0.6) is 0 Å². The van der Waals surface area contributed by atoms with Crippen LogP contribution < -0.4 is 10.4 Å². The second-order valence-corrected chi connectivity index (χ2v) is 14.4. The zero-order valence-electron chi connectivity index (χ0n) is 27.3.